The summed E-state index contributed by atoms with van der Waals surface area (Å²) in [6, 6.07) is 15.1. The average molecular weight is 468 g/mol. The number of rotatable bonds is 14. The molecule has 2 aromatic carbocycles. The lowest BCUT2D eigenvalue weighted by Crippen LogP contribution is -2.28. The Labute approximate surface area is 203 Å². The molecule has 1 unspecified atom stereocenters. The van der Waals surface area contributed by atoms with Gasteiger partial charge in [-0.15, -0.1) is 0 Å². The van der Waals surface area contributed by atoms with Crippen molar-refractivity contribution in [3.05, 3.63) is 64.9 Å². The van der Waals surface area contributed by atoms with E-state index in [0.29, 0.717) is 10.6 Å². The summed E-state index contributed by atoms with van der Waals surface area (Å²) in [5.74, 6) is 0.769. The number of nitrogens with one attached hydrogen (secondary N) is 1. The molecular weight excluding hydrogens is 430 g/mol. The van der Waals surface area contributed by atoms with Gasteiger partial charge >= 0.3 is 0 Å². The van der Waals surface area contributed by atoms with E-state index >= 15 is 0 Å². The van der Waals surface area contributed by atoms with Crippen LogP contribution in [0.2, 0.25) is 5.02 Å². The van der Waals surface area contributed by atoms with E-state index in [-0.39, 0.29) is 11.9 Å². The molecule has 1 heterocycles. The molecule has 0 spiro atoms. The largest absolute Gasteiger partial charge is 0.342 e. The van der Waals surface area contributed by atoms with E-state index in [1.807, 2.05) is 19.1 Å². The van der Waals surface area contributed by atoms with E-state index in [1.165, 1.54) is 57.8 Å². The zero-order chi connectivity index (χ0) is 23.5. The van der Waals surface area contributed by atoms with Gasteiger partial charge in [0.05, 0.1) is 17.1 Å². The molecule has 0 aliphatic heterocycles. The molecule has 0 aliphatic rings. The number of carbonyl (C=O) groups excluding carboxylic acids is 1. The van der Waals surface area contributed by atoms with Crippen molar-refractivity contribution in [3.8, 4) is 0 Å². The summed E-state index contributed by atoms with van der Waals surface area (Å²) in [4.78, 5) is 17.6. The number of aryl methyl sites for hydroxylation is 1. The number of halogens is 1. The monoisotopic (exact) mass is 467 g/mol. The Balaban J connectivity index is 1.56. The smallest absolute Gasteiger partial charge is 0.251 e. The number of hydrogen-bond acceptors (Lipinski definition) is 2. The number of imidazole rings is 1. The van der Waals surface area contributed by atoms with Crippen LogP contribution in [0.25, 0.3) is 11.0 Å². The number of hydrogen-bond donors (Lipinski definition) is 1. The molecule has 0 bridgehead atoms. The SMILES string of the molecule is CCCCCCCCCCCCn1c(C(C)NC(=O)c2cccc(Cl)c2)nc2ccccc21. The highest BCUT2D eigenvalue weighted by Gasteiger charge is 2.19. The number of benzene rings is 2. The summed E-state index contributed by atoms with van der Waals surface area (Å²) in [7, 11) is 0. The molecule has 0 saturated heterocycles. The van der Waals surface area contributed by atoms with Crippen molar-refractivity contribution < 1.29 is 4.79 Å². The minimum absolute atomic E-state index is 0.137. The van der Waals surface area contributed by atoms with Crippen molar-refractivity contribution >= 4 is 28.5 Å². The van der Waals surface area contributed by atoms with Gasteiger partial charge in [0.1, 0.15) is 5.82 Å². The van der Waals surface area contributed by atoms with Gasteiger partial charge in [0.2, 0.25) is 0 Å². The Morgan fingerprint density at radius 3 is 2.30 bits per heavy atom. The quantitative estimate of drug-likeness (QED) is 0.243. The number of unbranched alkanes of at least 4 members (excludes halogenated alkanes) is 9. The average Bonchev–Trinajstić information content (AvgIpc) is 3.19. The third-order valence-corrected chi connectivity index (χ3v) is 6.48. The third-order valence-electron chi connectivity index (χ3n) is 6.24. The molecule has 1 aromatic heterocycles. The molecule has 5 heteroatoms. The van der Waals surface area contributed by atoms with Crippen molar-refractivity contribution in [2.45, 2.75) is 90.6 Å². The maximum absolute atomic E-state index is 12.7. The number of carbonyl (C=O) groups is 1. The Hall–Kier alpha value is -2.33. The van der Waals surface area contributed by atoms with Crippen molar-refractivity contribution in [2.75, 3.05) is 0 Å². The molecule has 0 fully saturated rings. The molecule has 3 rings (SSSR count). The standard InChI is InChI=1S/C28H38ClN3O/c1-3-4-5-6-7-8-9-10-11-14-20-32-26-19-13-12-18-25(26)31-27(32)22(2)30-28(33)23-16-15-17-24(29)21-23/h12-13,15-19,21-22H,3-11,14,20H2,1-2H3,(H,30,33). The van der Waals surface area contributed by atoms with Crippen LogP contribution >= 0.6 is 11.6 Å². The van der Waals surface area contributed by atoms with Gasteiger partial charge in [-0.2, -0.15) is 0 Å². The van der Waals surface area contributed by atoms with Gasteiger partial charge in [0, 0.05) is 17.1 Å². The van der Waals surface area contributed by atoms with Crippen molar-refractivity contribution in [1.82, 2.24) is 14.9 Å². The molecule has 1 atom stereocenters. The van der Waals surface area contributed by atoms with E-state index < -0.39 is 0 Å². The number of fused-ring (bicyclic) bond motifs is 1. The Bertz CT molecular complexity index is 1010. The van der Waals surface area contributed by atoms with Gasteiger partial charge in [-0.05, 0) is 43.7 Å². The van der Waals surface area contributed by atoms with Crippen LogP contribution in [-0.2, 0) is 6.54 Å². The summed E-state index contributed by atoms with van der Waals surface area (Å²) >= 11 is 6.06. The van der Waals surface area contributed by atoms with Crippen molar-refractivity contribution in [2.24, 2.45) is 0 Å². The minimum atomic E-state index is -0.202. The number of nitrogens with zero attached hydrogens (tertiary/aromatic N) is 2. The maximum atomic E-state index is 12.7. The second-order valence-electron chi connectivity index (χ2n) is 9.00. The fourth-order valence-electron chi connectivity index (χ4n) is 4.39. The summed E-state index contributed by atoms with van der Waals surface area (Å²) in [5.41, 5.74) is 2.67. The highest BCUT2D eigenvalue weighted by atomic mass is 35.5. The summed E-state index contributed by atoms with van der Waals surface area (Å²) in [6.45, 7) is 5.19. The molecule has 1 amide bonds. The normalized spacial score (nSPS) is 12.2. The lowest BCUT2D eigenvalue weighted by atomic mass is 10.1. The first-order valence-corrected chi connectivity index (χ1v) is 13.0. The molecule has 3 aromatic rings. The molecule has 0 radical (unpaired) electrons. The fraction of sp³-hybridized carbons (Fsp3) is 0.500. The van der Waals surface area contributed by atoms with E-state index in [9.17, 15) is 4.79 Å². The molecular formula is C28H38ClN3O. The second kappa shape index (κ2) is 13.4. The number of para-hydroxylation sites is 2. The lowest BCUT2D eigenvalue weighted by Gasteiger charge is -2.16. The minimum Gasteiger partial charge on any atom is -0.342 e. The van der Waals surface area contributed by atoms with Crippen LogP contribution in [0.5, 0.6) is 0 Å². The number of amides is 1. The van der Waals surface area contributed by atoms with Gasteiger partial charge in [0.15, 0.2) is 0 Å². The first-order chi connectivity index (χ1) is 16.1. The van der Waals surface area contributed by atoms with Crippen molar-refractivity contribution in [1.29, 1.82) is 0 Å². The van der Waals surface area contributed by atoms with Gasteiger partial charge in [-0.1, -0.05) is 94.5 Å². The summed E-state index contributed by atoms with van der Waals surface area (Å²) in [6.07, 6.45) is 13.2. The van der Waals surface area contributed by atoms with Gasteiger partial charge < -0.3 is 9.88 Å². The molecule has 4 nitrogen and oxygen atoms in total. The Morgan fingerprint density at radius 2 is 1.61 bits per heavy atom. The van der Waals surface area contributed by atoms with E-state index in [4.69, 9.17) is 16.6 Å². The molecule has 178 valence electrons. The highest BCUT2D eigenvalue weighted by Crippen LogP contribution is 2.23. The summed E-state index contributed by atoms with van der Waals surface area (Å²) < 4.78 is 2.28. The van der Waals surface area contributed by atoms with Crippen LogP contribution in [0.15, 0.2) is 48.5 Å². The molecule has 1 N–H and O–H groups in total. The zero-order valence-electron chi connectivity index (χ0n) is 20.2. The van der Waals surface area contributed by atoms with Crippen LogP contribution in [0.3, 0.4) is 0 Å². The highest BCUT2D eigenvalue weighted by molar-refractivity contribution is 6.30. The maximum Gasteiger partial charge on any atom is 0.251 e. The first kappa shape index (κ1) is 25.3. The molecule has 0 aliphatic carbocycles. The predicted molar refractivity (Wildman–Crippen MR) is 139 cm³/mol. The third kappa shape index (κ3) is 7.60. The zero-order valence-corrected chi connectivity index (χ0v) is 20.9. The second-order valence-corrected chi connectivity index (χ2v) is 9.43. The lowest BCUT2D eigenvalue weighted by molar-refractivity contribution is 0.0937. The van der Waals surface area contributed by atoms with E-state index in [2.05, 4.69) is 28.9 Å². The fourth-order valence-corrected chi connectivity index (χ4v) is 4.58. The Morgan fingerprint density at radius 1 is 0.939 bits per heavy atom. The van der Waals surface area contributed by atoms with Gasteiger partial charge in [-0.3, -0.25) is 4.79 Å². The van der Waals surface area contributed by atoms with Crippen LogP contribution in [-0.4, -0.2) is 15.5 Å². The predicted octanol–water partition coefficient (Wildman–Crippen LogP) is 8.10. The molecule has 0 saturated carbocycles. The van der Waals surface area contributed by atoms with E-state index in [0.717, 1.165) is 29.8 Å². The topological polar surface area (TPSA) is 46.9 Å². The summed E-state index contributed by atoms with van der Waals surface area (Å²) in [5, 5.41) is 3.66. The van der Waals surface area contributed by atoms with Crippen LogP contribution in [0.1, 0.15) is 100 Å². The van der Waals surface area contributed by atoms with Gasteiger partial charge in [0.25, 0.3) is 5.91 Å². The Kier molecular flexibility index (Phi) is 10.3. The van der Waals surface area contributed by atoms with Crippen LogP contribution in [0.4, 0.5) is 0 Å². The van der Waals surface area contributed by atoms with Crippen LogP contribution in [0, 0.1) is 0 Å². The number of aromatic nitrogens is 2. The van der Waals surface area contributed by atoms with Gasteiger partial charge in [-0.25, -0.2) is 4.98 Å². The molecule has 33 heavy (non-hydrogen) atoms. The van der Waals surface area contributed by atoms with Crippen molar-refractivity contribution in [3.63, 3.8) is 0 Å². The van der Waals surface area contributed by atoms with Crippen LogP contribution < -0.4 is 5.32 Å². The first-order valence-electron chi connectivity index (χ1n) is 12.6. The van der Waals surface area contributed by atoms with E-state index in [1.54, 1.807) is 24.3 Å².